The standard InChI is InChI=1S/C14H22N2O/c1-11-5-7-13(8-6-11)9-12(2)16(4)10-14(17)15-3/h5-8,12H,9-10H2,1-4H3,(H,15,17)/t12-/m0/s1. The highest BCUT2D eigenvalue weighted by Crippen LogP contribution is 2.08. The van der Waals surface area contributed by atoms with Gasteiger partial charge in [0.1, 0.15) is 0 Å². The third kappa shape index (κ3) is 4.57. The minimum Gasteiger partial charge on any atom is -0.358 e. The van der Waals surface area contributed by atoms with Crippen LogP contribution in [0.15, 0.2) is 24.3 Å². The van der Waals surface area contributed by atoms with Crippen molar-refractivity contribution >= 4 is 5.91 Å². The summed E-state index contributed by atoms with van der Waals surface area (Å²) >= 11 is 0. The summed E-state index contributed by atoms with van der Waals surface area (Å²) in [5, 5.41) is 2.64. The fourth-order valence-electron chi connectivity index (χ4n) is 1.68. The van der Waals surface area contributed by atoms with Crippen molar-refractivity contribution in [3.63, 3.8) is 0 Å². The van der Waals surface area contributed by atoms with Gasteiger partial charge in [-0.15, -0.1) is 0 Å². The van der Waals surface area contributed by atoms with Gasteiger partial charge in [0.25, 0.3) is 0 Å². The number of nitrogens with zero attached hydrogens (tertiary/aromatic N) is 1. The maximum absolute atomic E-state index is 11.3. The third-order valence-corrected chi connectivity index (χ3v) is 3.08. The first kappa shape index (κ1) is 13.7. The average Bonchev–Trinajstić information content (AvgIpc) is 2.31. The highest BCUT2D eigenvalue weighted by atomic mass is 16.1. The van der Waals surface area contributed by atoms with Gasteiger partial charge in [0.05, 0.1) is 6.54 Å². The fourth-order valence-corrected chi connectivity index (χ4v) is 1.68. The Hall–Kier alpha value is -1.35. The Kier molecular flexibility index (Phi) is 5.16. The molecule has 1 aromatic carbocycles. The third-order valence-electron chi connectivity index (χ3n) is 3.08. The number of aryl methyl sites for hydroxylation is 1. The van der Waals surface area contributed by atoms with E-state index >= 15 is 0 Å². The van der Waals surface area contributed by atoms with E-state index in [0.29, 0.717) is 12.6 Å². The maximum Gasteiger partial charge on any atom is 0.233 e. The molecular weight excluding hydrogens is 212 g/mol. The van der Waals surface area contributed by atoms with E-state index in [1.807, 2.05) is 7.05 Å². The smallest absolute Gasteiger partial charge is 0.233 e. The number of nitrogens with one attached hydrogen (secondary N) is 1. The number of likely N-dealkylation sites (N-methyl/N-ethyl adjacent to an activating group) is 2. The fraction of sp³-hybridized carbons (Fsp3) is 0.500. The molecule has 0 aromatic heterocycles. The van der Waals surface area contributed by atoms with Crippen molar-refractivity contribution in [3.05, 3.63) is 35.4 Å². The number of carbonyl (C=O) groups is 1. The Bertz CT molecular complexity index is 359. The second-order valence-corrected chi connectivity index (χ2v) is 4.63. The van der Waals surface area contributed by atoms with Gasteiger partial charge in [-0.3, -0.25) is 9.69 Å². The monoisotopic (exact) mass is 234 g/mol. The molecule has 0 aliphatic rings. The molecule has 0 bridgehead atoms. The van der Waals surface area contributed by atoms with Crippen LogP contribution in [0.4, 0.5) is 0 Å². The van der Waals surface area contributed by atoms with Gasteiger partial charge in [-0.05, 0) is 32.9 Å². The lowest BCUT2D eigenvalue weighted by Crippen LogP contribution is -2.39. The summed E-state index contributed by atoms with van der Waals surface area (Å²) in [7, 11) is 3.65. The molecule has 1 aromatic rings. The summed E-state index contributed by atoms with van der Waals surface area (Å²) in [6, 6.07) is 8.91. The summed E-state index contributed by atoms with van der Waals surface area (Å²) in [6.07, 6.45) is 0.966. The zero-order valence-corrected chi connectivity index (χ0v) is 11.2. The number of rotatable bonds is 5. The van der Waals surface area contributed by atoms with Crippen LogP contribution in [0.2, 0.25) is 0 Å². The van der Waals surface area contributed by atoms with Gasteiger partial charge in [-0.25, -0.2) is 0 Å². The molecule has 0 aliphatic heterocycles. The minimum atomic E-state index is 0.0586. The molecule has 0 saturated heterocycles. The zero-order chi connectivity index (χ0) is 12.8. The summed E-state index contributed by atoms with van der Waals surface area (Å²) in [4.78, 5) is 13.3. The molecule has 0 fully saturated rings. The molecule has 0 spiro atoms. The second-order valence-electron chi connectivity index (χ2n) is 4.63. The van der Waals surface area contributed by atoms with E-state index < -0.39 is 0 Å². The van der Waals surface area contributed by atoms with Crippen LogP contribution in [0, 0.1) is 6.92 Å². The molecule has 3 nitrogen and oxygen atoms in total. The molecule has 17 heavy (non-hydrogen) atoms. The number of amides is 1. The molecule has 1 rings (SSSR count). The molecule has 94 valence electrons. The molecule has 1 amide bonds. The Morgan fingerprint density at radius 2 is 1.94 bits per heavy atom. The summed E-state index contributed by atoms with van der Waals surface area (Å²) in [5.41, 5.74) is 2.59. The van der Waals surface area contributed by atoms with Crippen molar-refractivity contribution < 1.29 is 4.79 Å². The number of benzene rings is 1. The highest BCUT2D eigenvalue weighted by molar-refractivity contribution is 5.77. The van der Waals surface area contributed by atoms with E-state index in [1.54, 1.807) is 7.05 Å². The topological polar surface area (TPSA) is 32.3 Å². The lowest BCUT2D eigenvalue weighted by Gasteiger charge is -2.23. The van der Waals surface area contributed by atoms with Crippen LogP contribution in [0.3, 0.4) is 0 Å². The van der Waals surface area contributed by atoms with Crippen LogP contribution in [-0.4, -0.2) is 37.5 Å². The lowest BCUT2D eigenvalue weighted by molar-refractivity contribution is -0.121. The van der Waals surface area contributed by atoms with Gasteiger partial charge in [0, 0.05) is 13.1 Å². The van der Waals surface area contributed by atoms with E-state index in [0.717, 1.165) is 6.42 Å². The largest absolute Gasteiger partial charge is 0.358 e. The quantitative estimate of drug-likeness (QED) is 0.839. The minimum absolute atomic E-state index is 0.0586. The maximum atomic E-state index is 11.3. The summed E-state index contributed by atoms with van der Waals surface area (Å²) < 4.78 is 0. The van der Waals surface area contributed by atoms with Crippen LogP contribution < -0.4 is 5.32 Å². The molecule has 1 N–H and O–H groups in total. The predicted octanol–water partition coefficient (Wildman–Crippen LogP) is 1.60. The van der Waals surface area contributed by atoms with Crippen LogP contribution in [0.25, 0.3) is 0 Å². The Balaban J connectivity index is 2.50. The van der Waals surface area contributed by atoms with Gasteiger partial charge >= 0.3 is 0 Å². The van der Waals surface area contributed by atoms with Crippen LogP contribution in [0.1, 0.15) is 18.1 Å². The van der Waals surface area contributed by atoms with Gasteiger partial charge in [-0.2, -0.15) is 0 Å². The van der Waals surface area contributed by atoms with Crippen molar-refractivity contribution in [1.29, 1.82) is 0 Å². The van der Waals surface area contributed by atoms with E-state index in [1.165, 1.54) is 11.1 Å². The SMILES string of the molecule is CNC(=O)CN(C)[C@@H](C)Cc1ccc(C)cc1. The van der Waals surface area contributed by atoms with Crippen molar-refractivity contribution in [2.24, 2.45) is 0 Å². The van der Waals surface area contributed by atoms with Gasteiger partial charge in [-0.1, -0.05) is 29.8 Å². The van der Waals surface area contributed by atoms with Crippen LogP contribution in [-0.2, 0) is 11.2 Å². The normalized spacial score (nSPS) is 12.5. The van der Waals surface area contributed by atoms with Crippen LogP contribution in [0.5, 0.6) is 0 Å². The predicted molar refractivity (Wildman–Crippen MR) is 71.0 cm³/mol. The molecule has 3 heteroatoms. The van der Waals surface area contributed by atoms with Gasteiger partial charge in [0.2, 0.25) is 5.91 Å². The van der Waals surface area contributed by atoms with E-state index in [4.69, 9.17) is 0 Å². The van der Waals surface area contributed by atoms with Gasteiger partial charge < -0.3 is 5.32 Å². The van der Waals surface area contributed by atoms with Crippen molar-refractivity contribution in [2.45, 2.75) is 26.3 Å². The van der Waals surface area contributed by atoms with Crippen molar-refractivity contribution in [1.82, 2.24) is 10.2 Å². The Morgan fingerprint density at radius 1 is 1.35 bits per heavy atom. The molecule has 0 radical (unpaired) electrons. The van der Waals surface area contributed by atoms with Crippen LogP contribution >= 0.6 is 0 Å². The molecule has 0 saturated carbocycles. The lowest BCUT2D eigenvalue weighted by atomic mass is 10.0. The van der Waals surface area contributed by atoms with Crippen molar-refractivity contribution in [3.8, 4) is 0 Å². The van der Waals surface area contributed by atoms with Gasteiger partial charge in [0.15, 0.2) is 0 Å². The first-order chi connectivity index (χ1) is 8.02. The van der Waals surface area contributed by atoms with E-state index in [2.05, 4.69) is 48.3 Å². The van der Waals surface area contributed by atoms with Crippen molar-refractivity contribution in [2.75, 3.05) is 20.6 Å². The zero-order valence-electron chi connectivity index (χ0n) is 11.2. The molecule has 0 unspecified atom stereocenters. The Morgan fingerprint density at radius 3 is 2.47 bits per heavy atom. The Labute approximate surface area is 104 Å². The average molecular weight is 234 g/mol. The first-order valence-electron chi connectivity index (χ1n) is 5.99. The highest BCUT2D eigenvalue weighted by Gasteiger charge is 2.12. The molecule has 0 heterocycles. The first-order valence-corrected chi connectivity index (χ1v) is 5.99. The number of hydrogen-bond donors (Lipinski definition) is 1. The molecular formula is C14H22N2O. The summed E-state index contributed by atoms with van der Waals surface area (Å²) in [5.74, 6) is 0.0586. The number of hydrogen-bond acceptors (Lipinski definition) is 2. The molecule has 0 aliphatic carbocycles. The van der Waals surface area contributed by atoms with E-state index in [9.17, 15) is 4.79 Å². The second kappa shape index (κ2) is 6.40. The number of carbonyl (C=O) groups excluding carboxylic acids is 1. The van der Waals surface area contributed by atoms with E-state index in [-0.39, 0.29) is 5.91 Å². The summed E-state index contributed by atoms with van der Waals surface area (Å²) in [6.45, 7) is 4.68. The molecule has 1 atom stereocenters.